The topological polar surface area (TPSA) is 91.8 Å². The summed E-state index contributed by atoms with van der Waals surface area (Å²) in [4.78, 5) is 26.4. The Morgan fingerprint density at radius 2 is 1.95 bits per heavy atom. The quantitative estimate of drug-likeness (QED) is 0.510. The molecule has 0 bridgehead atoms. The number of rotatable bonds is 5. The van der Waals surface area contributed by atoms with Crippen molar-refractivity contribution in [1.29, 1.82) is 0 Å². The van der Waals surface area contributed by atoms with Crippen LogP contribution in [0.3, 0.4) is 0 Å². The predicted molar refractivity (Wildman–Crippen MR) is 78.0 cm³/mol. The summed E-state index contributed by atoms with van der Waals surface area (Å²) in [6, 6.07) is 8.37. The van der Waals surface area contributed by atoms with E-state index in [1.165, 1.54) is 0 Å². The van der Waals surface area contributed by atoms with Crippen LogP contribution in [-0.4, -0.2) is 34.5 Å². The van der Waals surface area contributed by atoms with Gasteiger partial charge in [0.15, 0.2) is 0 Å². The summed E-state index contributed by atoms with van der Waals surface area (Å²) in [6.07, 6.45) is 0.360. The predicted octanol–water partition coefficient (Wildman–Crippen LogP) is 1.99. The van der Waals surface area contributed by atoms with E-state index in [4.69, 9.17) is 10.3 Å². The maximum Gasteiger partial charge on any atom is 0.408 e. The molecule has 1 aromatic carbocycles. The fraction of sp³-hybridized carbons (Fsp3) is 0.400. The normalized spacial score (nSPS) is 12.0. The Morgan fingerprint density at radius 3 is 2.48 bits per heavy atom. The minimum atomic E-state index is -0.849. The van der Waals surface area contributed by atoms with Gasteiger partial charge in [-0.1, -0.05) is 30.3 Å². The van der Waals surface area contributed by atoms with Gasteiger partial charge in [0.1, 0.15) is 11.6 Å². The summed E-state index contributed by atoms with van der Waals surface area (Å²) < 4.78 is 5.12. The SMILES string of the molecule is CC(C)(C)OC(=O)N[C@@H](Cc1ccccc1)C(=O)C=[N+]=[N-]. The Balaban J connectivity index is 2.80. The third kappa shape index (κ3) is 6.49. The van der Waals surface area contributed by atoms with E-state index in [-0.39, 0.29) is 6.42 Å². The Bertz CT molecular complexity index is 543. The second-order valence-electron chi connectivity index (χ2n) is 5.54. The minimum Gasteiger partial charge on any atom is -0.444 e. The van der Waals surface area contributed by atoms with Crippen LogP contribution in [0.15, 0.2) is 30.3 Å². The molecule has 0 saturated heterocycles. The first-order valence-corrected chi connectivity index (χ1v) is 6.56. The number of carbonyl (C=O) groups excluding carboxylic acids is 2. The van der Waals surface area contributed by atoms with Crippen molar-refractivity contribution >= 4 is 18.1 Å². The molecule has 0 spiro atoms. The Morgan fingerprint density at radius 1 is 1.33 bits per heavy atom. The molecule has 0 heterocycles. The highest BCUT2D eigenvalue weighted by Crippen LogP contribution is 2.08. The summed E-state index contributed by atoms with van der Waals surface area (Å²) in [5, 5.41) is 2.49. The zero-order valence-corrected chi connectivity index (χ0v) is 12.4. The van der Waals surface area contributed by atoms with Crippen molar-refractivity contribution in [1.82, 2.24) is 5.32 Å². The van der Waals surface area contributed by atoms with Crippen LogP contribution in [0, 0.1) is 0 Å². The van der Waals surface area contributed by atoms with Crippen LogP contribution in [0.1, 0.15) is 26.3 Å². The van der Waals surface area contributed by atoms with Crippen LogP contribution >= 0.6 is 0 Å². The first-order valence-electron chi connectivity index (χ1n) is 6.56. The number of benzene rings is 1. The van der Waals surface area contributed by atoms with Crippen LogP contribution in [0.4, 0.5) is 4.79 Å². The zero-order chi connectivity index (χ0) is 15.9. The number of ether oxygens (including phenoxy) is 1. The third-order valence-corrected chi connectivity index (χ3v) is 2.50. The molecule has 21 heavy (non-hydrogen) atoms. The molecule has 0 radical (unpaired) electrons. The highest BCUT2D eigenvalue weighted by molar-refractivity contribution is 6.28. The van der Waals surface area contributed by atoms with Crippen molar-refractivity contribution in [2.45, 2.75) is 38.8 Å². The summed E-state index contributed by atoms with van der Waals surface area (Å²) >= 11 is 0. The number of alkyl carbamates (subject to hydrolysis) is 1. The number of nitrogens with zero attached hydrogens (tertiary/aromatic N) is 2. The van der Waals surface area contributed by atoms with Crippen LogP contribution in [0.25, 0.3) is 5.53 Å². The van der Waals surface area contributed by atoms with Crippen molar-refractivity contribution in [3.8, 4) is 0 Å². The summed E-state index contributed by atoms with van der Waals surface area (Å²) in [6.45, 7) is 5.20. The van der Waals surface area contributed by atoms with Crippen molar-refractivity contribution in [3.05, 3.63) is 41.4 Å². The standard InChI is InChI=1S/C15H19N3O3/c1-15(2,3)21-14(20)18-12(13(19)10-17-16)9-11-7-5-4-6-8-11/h4-8,10,12H,9H2,1-3H3,(H,18,20)/t12-/m0/s1. The lowest BCUT2D eigenvalue weighted by Gasteiger charge is -2.22. The molecule has 6 nitrogen and oxygen atoms in total. The number of Topliss-reactive ketones (excluding diaryl/α,β-unsaturated/α-hetero) is 1. The first-order chi connectivity index (χ1) is 9.81. The van der Waals surface area contributed by atoms with E-state index >= 15 is 0 Å². The lowest BCUT2D eigenvalue weighted by atomic mass is 10.0. The van der Waals surface area contributed by atoms with Crippen molar-refractivity contribution in [2.75, 3.05) is 0 Å². The smallest absolute Gasteiger partial charge is 0.408 e. The van der Waals surface area contributed by atoms with Gasteiger partial charge in [0.2, 0.25) is 0 Å². The molecule has 0 aliphatic rings. The van der Waals surface area contributed by atoms with Gasteiger partial charge in [-0.15, -0.1) is 0 Å². The number of hydrogen-bond donors (Lipinski definition) is 1. The molecule has 6 heteroatoms. The van der Waals surface area contributed by atoms with E-state index in [1.807, 2.05) is 30.3 Å². The number of nitrogens with one attached hydrogen (secondary N) is 1. The third-order valence-electron chi connectivity index (χ3n) is 2.50. The van der Waals surface area contributed by atoms with Crippen LogP contribution < -0.4 is 5.32 Å². The summed E-state index contributed by atoms with van der Waals surface area (Å²) in [5.74, 6) is -0.507. The molecule has 0 aliphatic heterocycles. The van der Waals surface area contributed by atoms with E-state index in [0.717, 1.165) is 11.8 Å². The number of hydrogen-bond acceptors (Lipinski definition) is 3. The average Bonchev–Trinajstić information content (AvgIpc) is 2.37. The highest BCUT2D eigenvalue weighted by Gasteiger charge is 2.25. The van der Waals surface area contributed by atoms with Crippen molar-refractivity contribution in [2.24, 2.45) is 0 Å². The molecule has 0 saturated carbocycles. The van der Waals surface area contributed by atoms with Gasteiger partial charge in [0.25, 0.3) is 5.78 Å². The molecule has 1 amide bonds. The van der Waals surface area contributed by atoms with E-state index in [0.29, 0.717) is 0 Å². The van der Waals surface area contributed by atoms with Gasteiger partial charge in [-0.05, 0) is 26.3 Å². The second-order valence-corrected chi connectivity index (χ2v) is 5.54. The Hall–Kier alpha value is -2.46. The van der Waals surface area contributed by atoms with Gasteiger partial charge in [0, 0.05) is 6.42 Å². The van der Waals surface area contributed by atoms with Crippen molar-refractivity contribution in [3.63, 3.8) is 0 Å². The van der Waals surface area contributed by atoms with Crippen LogP contribution in [0.5, 0.6) is 0 Å². The fourth-order valence-corrected chi connectivity index (χ4v) is 1.67. The Kier molecular flexibility index (Phi) is 5.81. The Labute approximate surface area is 123 Å². The fourth-order valence-electron chi connectivity index (χ4n) is 1.67. The second kappa shape index (κ2) is 7.36. The van der Waals surface area contributed by atoms with E-state index in [2.05, 4.69) is 10.1 Å². The van der Waals surface area contributed by atoms with E-state index in [9.17, 15) is 9.59 Å². The van der Waals surface area contributed by atoms with E-state index in [1.54, 1.807) is 20.8 Å². The van der Waals surface area contributed by atoms with Crippen LogP contribution in [0.2, 0.25) is 0 Å². The molecule has 1 rings (SSSR count). The lowest BCUT2D eigenvalue weighted by Crippen LogP contribution is -2.45. The van der Waals surface area contributed by atoms with Gasteiger partial charge in [0.05, 0.1) is 0 Å². The molecule has 0 unspecified atom stereocenters. The maximum absolute atomic E-state index is 11.9. The van der Waals surface area contributed by atoms with Gasteiger partial charge in [-0.2, -0.15) is 4.79 Å². The van der Waals surface area contributed by atoms with Gasteiger partial charge < -0.3 is 15.6 Å². The molecule has 1 aromatic rings. The highest BCUT2D eigenvalue weighted by atomic mass is 16.6. The molecule has 0 fully saturated rings. The lowest BCUT2D eigenvalue weighted by molar-refractivity contribution is -0.118. The monoisotopic (exact) mass is 289 g/mol. The maximum atomic E-state index is 11.9. The summed E-state index contributed by atoms with van der Waals surface area (Å²) in [5.41, 5.74) is 8.69. The number of carbonyl (C=O) groups is 2. The first kappa shape index (κ1) is 16.6. The number of ketones is 1. The number of amides is 1. The zero-order valence-electron chi connectivity index (χ0n) is 12.4. The average molecular weight is 289 g/mol. The molecule has 1 atom stereocenters. The molecular weight excluding hydrogens is 270 g/mol. The minimum absolute atomic E-state index is 0.283. The van der Waals surface area contributed by atoms with Crippen LogP contribution in [-0.2, 0) is 16.0 Å². The molecule has 0 aliphatic carbocycles. The molecule has 1 N–H and O–H groups in total. The van der Waals surface area contributed by atoms with Gasteiger partial charge in [-0.3, -0.25) is 4.79 Å². The van der Waals surface area contributed by atoms with Crippen molar-refractivity contribution < 1.29 is 19.1 Å². The van der Waals surface area contributed by atoms with E-state index < -0.39 is 23.5 Å². The van der Waals surface area contributed by atoms with Gasteiger partial charge in [-0.25, -0.2) is 4.79 Å². The van der Waals surface area contributed by atoms with Gasteiger partial charge >= 0.3 is 12.3 Å². The molecule has 112 valence electrons. The molecule has 0 aromatic heterocycles. The largest absolute Gasteiger partial charge is 0.444 e. The summed E-state index contributed by atoms with van der Waals surface area (Å²) in [7, 11) is 0. The molecular formula is C15H19N3O3.